The van der Waals surface area contributed by atoms with Gasteiger partial charge in [-0.2, -0.15) is 5.26 Å². The van der Waals surface area contributed by atoms with Gasteiger partial charge in [-0.3, -0.25) is 4.79 Å². The molecular weight excluding hydrogens is 587 g/mol. The molecule has 0 aliphatic heterocycles. The van der Waals surface area contributed by atoms with Gasteiger partial charge in [-0.1, -0.05) is 65.7 Å². The van der Waals surface area contributed by atoms with Crippen LogP contribution in [-0.2, 0) is 18.0 Å². The number of carbonyl (C=O) groups is 1. The Morgan fingerprint density at radius 3 is 2.37 bits per heavy atom. The summed E-state index contributed by atoms with van der Waals surface area (Å²) in [6.45, 7) is 0.702. The molecule has 1 amide bonds. The van der Waals surface area contributed by atoms with Gasteiger partial charge in [0.15, 0.2) is 0 Å². The number of rotatable bonds is 9. The summed E-state index contributed by atoms with van der Waals surface area (Å²) < 4.78 is 12.3. The topological polar surface area (TPSA) is 71.3 Å². The Kier molecular flexibility index (Phi) is 9.45. The minimum absolute atomic E-state index is 0.0347. The number of nitrogens with one attached hydrogen (secondary N) is 1. The van der Waals surface area contributed by atoms with Gasteiger partial charge in [-0.25, -0.2) is 0 Å². The van der Waals surface area contributed by atoms with Crippen LogP contribution in [-0.4, -0.2) is 5.91 Å². The van der Waals surface area contributed by atoms with Crippen LogP contribution in [0, 0.1) is 11.3 Å². The van der Waals surface area contributed by atoms with Crippen LogP contribution in [0.1, 0.15) is 16.7 Å². The maximum absolute atomic E-state index is 12.7. The van der Waals surface area contributed by atoms with Crippen molar-refractivity contribution in [2.75, 3.05) is 5.32 Å². The van der Waals surface area contributed by atoms with Crippen LogP contribution in [0.15, 0.2) is 101 Å². The van der Waals surface area contributed by atoms with Gasteiger partial charge in [0.1, 0.15) is 36.4 Å². The lowest BCUT2D eigenvalue weighted by Gasteiger charge is -2.10. The van der Waals surface area contributed by atoms with Crippen molar-refractivity contribution in [1.82, 2.24) is 0 Å². The van der Waals surface area contributed by atoms with Gasteiger partial charge in [-0.05, 0) is 81.7 Å². The quantitative estimate of drug-likeness (QED) is 0.153. The number of nitriles is 1. The standard InChI is InChI=1S/C30H21BrCl2N2O3/c31-27-15-21(6-13-29(27)38-18-20-4-2-1-3-5-20)14-23(17-34)30(36)35-25-9-11-26(12-10-25)37-19-22-7-8-24(32)16-28(22)33/h1-16H,18-19H2,(H,35,36)/b23-14+. The van der Waals surface area contributed by atoms with Crippen molar-refractivity contribution >= 4 is 56.8 Å². The van der Waals surface area contributed by atoms with E-state index in [1.54, 1.807) is 60.7 Å². The average Bonchev–Trinajstić information content (AvgIpc) is 2.92. The van der Waals surface area contributed by atoms with Crippen LogP contribution in [0.3, 0.4) is 0 Å². The number of hydrogen-bond acceptors (Lipinski definition) is 4. The lowest BCUT2D eigenvalue weighted by atomic mass is 10.1. The predicted molar refractivity (Wildman–Crippen MR) is 154 cm³/mol. The third-order valence-corrected chi connectivity index (χ3v) is 6.60. The Morgan fingerprint density at radius 2 is 1.68 bits per heavy atom. The third kappa shape index (κ3) is 7.62. The maximum atomic E-state index is 12.7. The highest BCUT2D eigenvalue weighted by atomic mass is 79.9. The number of ether oxygens (including phenoxy) is 2. The summed E-state index contributed by atoms with van der Waals surface area (Å²) in [5.41, 5.74) is 3.03. The molecular formula is C30H21BrCl2N2O3. The molecule has 4 aromatic carbocycles. The van der Waals surface area contributed by atoms with Crippen molar-refractivity contribution in [1.29, 1.82) is 5.26 Å². The van der Waals surface area contributed by atoms with E-state index in [4.69, 9.17) is 32.7 Å². The molecule has 1 N–H and O–H groups in total. The van der Waals surface area contributed by atoms with Crippen LogP contribution in [0.2, 0.25) is 10.0 Å². The van der Waals surface area contributed by atoms with Crippen molar-refractivity contribution < 1.29 is 14.3 Å². The highest BCUT2D eigenvalue weighted by Gasteiger charge is 2.11. The normalized spacial score (nSPS) is 10.9. The monoisotopic (exact) mass is 606 g/mol. The number of nitrogens with zero attached hydrogens (tertiary/aromatic N) is 1. The molecule has 5 nitrogen and oxygen atoms in total. The molecule has 0 saturated heterocycles. The second-order valence-electron chi connectivity index (χ2n) is 8.14. The van der Waals surface area contributed by atoms with Gasteiger partial charge in [0.25, 0.3) is 5.91 Å². The van der Waals surface area contributed by atoms with Gasteiger partial charge in [0, 0.05) is 21.3 Å². The maximum Gasteiger partial charge on any atom is 0.266 e. The lowest BCUT2D eigenvalue weighted by molar-refractivity contribution is -0.112. The molecule has 0 unspecified atom stereocenters. The zero-order valence-electron chi connectivity index (χ0n) is 20.0. The van der Waals surface area contributed by atoms with Crippen LogP contribution in [0.4, 0.5) is 5.69 Å². The smallest absolute Gasteiger partial charge is 0.266 e. The fraction of sp³-hybridized carbons (Fsp3) is 0.0667. The van der Waals surface area contributed by atoms with Crippen LogP contribution in [0.25, 0.3) is 6.08 Å². The SMILES string of the molecule is N#C/C(=C\c1ccc(OCc2ccccc2)c(Br)c1)C(=O)Nc1ccc(OCc2ccc(Cl)cc2Cl)cc1. The second kappa shape index (κ2) is 13.2. The molecule has 0 fully saturated rings. The van der Waals surface area contributed by atoms with E-state index in [1.165, 1.54) is 6.08 Å². The Balaban J connectivity index is 1.35. The number of hydrogen-bond donors (Lipinski definition) is 1. The van der Waals surface area contributed by atoms with E-state index in [1.807, 2.05) is 36.4 Å². The number of carbonyl (C=O) groups excluding carboxylic acids is 1. The third-order valence-electron chi connectivity index (χ3n) is 5.39. The Morgan fingerprint density at radius 1 is 0.921 bits per heavy atom. The number of anilines is 1. The fourth-order valence-corrected chi connectivity index (χ4v) is 4.38. The zero-order valence-corrected chi connectivity index (χ0v) is 23.1. The molecule has 0 spiro atoms. The molecule has 0 bridgehead atoms. The number of amides is 1. The first-order chi connectivity index (χ1) is 18.4. The summed E-state index contributed by atoms with van der Waals surface area (Å²) >= 11 is 15.6. The van der Waals surface area contributed by atoms with Crippen molar-refractivity contribution in [2.24, 2.45) is 0 Å². The molecule has 0 radical (unpaired) electrons. The van der Waals surface area contributed by atoms with Crippen molar-refractivity contribution in [3.63, 3.8) is 0 Å². The second-order valence-corrected chi connectivity index (χ2v) is 9.83. The minimum Gasteiger partial charge on any atom is -0.489 e. The van der Waals surface area contributed by atoms with Gasteiger partial charge < -0.3 is 14.8 Å². The van der Waals surface area contributed by atoms with E-state index in [2.05, 4.69) is 21.2 Å². The van der Waals surface area contributed by atoms with Gasteiger partial charge >= 0.3 is 0 Å². The molecule has 4 rings (SSSR count). The van der Waals surface area contributed by atoms with Crippen LogP contribution >= 0.6 is 39.1 Å². The highest BCUT2D eigenvalue weighted by molar-refractivity contribution is 9.10. The lowest BCUT2D eigenvalue weighted by Crippen LogP contribution is -2.13. The highest BCUT2D eigenvalue weighted by Crippen LogP contribution is 2.28. The van der Waals surface area contributed by atoms with Gasteiger partial charge in [0.2, 0.25) is 0 Å². The predicted octanol–water partition coefficient (Wildman–Crippen LogP) is 8.46. The summed E-state index contributed by atoms with van der Waals surface area (Å²) in [5, 5.41) is 13.4. The van der Waals surface area contributed by atoms with E-state index in [9.17, 15) is 10.1 Å². The van der Waals surface area contributed by atoms with E-state index in [0.29, 0.717) is 39.4 Å². The molecule has 0 aliphatic rings. The average molecular weight is 608 g/mol. The Bertz CT molecular complexity index is 1500. The molecule has 0 saturated carbocycles. The molecule has 4 aromatic rings. The molecule has 0 aromatic heterocycles. The summed E-state index contributed by atoms with van der Waals surface area (Å²) in [7, 11) is 0. The first-order valence-corrected chi connectivity index (χ1v) is 13.0. The summed E-state index contributed by atoms with van der Waals surface area (Å²) in [4.78, 5) is 12.7. The van der Waals surface area contributed by atoms with Crippen LogP contribution in [0.5, 0.6) is 11.5 Å². The molecule has 190 valence electrons. The number of benzene rings is 4. The minimum atomic E-state index is -0.519. The first-order valence-electron chi connectivity index (χ1n) is 11.5. The first kappa shape index (κ1) is 27.3. The van der Waals surface area contributed by atoms with Crippen molar-refractivity contribution in [3.8, 4) is 17.6 Å². The van der Waals surface area contributed by atoms with Crippen LogP contribution < -0.4 is 14.8 Å². The summed E-state index contributed by atoms with van der Waals surface area (Å²) in [6, 6.07) is 29.2. The zero-order chi connectivity index (χ0) is 26.9. The molecule has 8 heteroatoms. The summed E-state index contributed by atoms with van der Waals surface area (Å²) in [5.74, 6) is 0.744. The van der Waals surface area contributed by atoms with E-state index in [-0.39, 0.29) is 12.2 Å². The summed E-state index contributed by atoms with van der Waals surface area (Å²) in [6.07, 6.45) is 1.52. The van der Waals surface area contributed by atoms with Crippen molar-refractivity contribution in [3.05, 3.63) is 128 Å². The molecule has 0 atom stereocenters. The Labute approximate surface area is 239 Å². The molecule has 0 heterocycles. The van der Waals surface area contributed by atoms with Gasteiger partial charge in [0.05, 0.1) is 4.47 Å². The van der Waals surface area contributed by atoms with E-state index in [0.717, 1.165) is 15.6 Å². The fourth-order valence-electron chi connectivity index (χ4n) is 3.41. The largest absolute Gasteiger partial charge is 0.489 e. The Hall–Kier alpha value is -3.76. The van der Waals surface area contributed by atoms with E-state index < -0.39 is 5.91 Å². The molecule has 38 heavy (non-hydrogen) atoms. The number of halogens is 3. The van der Waals surface area contributed by atoms with E-state index >= 15 is 0 Å². The molecule has 0 aliphatic carbocycles. The van der Waals surface area contributed by atoms with Gasteiger partial charge in [-0.15, -0.1) is 0 Å². The van der Waals surface area contributed by atoms with Crippen molar-refractivity contribution in [2.45, 2.75) is 13.2 Å².